The van der Waals surface area contributed by atoms with Crippen molar-refractivity contribution in [2.75, 3.05) is 52.2 Å². The van der Waals surface area contributed by atoms with Crippen molar-refractivity contribution in [1.29, 1.82) is 0 Å². The summed E-state index contributed by atoms with van der Waals surface area (Å²) in [6.07, 6.45) is 1.04. The van der Waals surface area contributed by atoms with Crippen molar-refractivity contribution in [1.82, 2.24) is 4.98 Å². The summed E-state index contributed by atoms with van der Waals surface area (Å²) in [5.74, 6) is 0.780. The molecular formula is C30H35N4O+. The molecule has 3 aromatic carbocycles. The van der Waals surface area contributed by atoms with Crippen LogP contribution in [-0.2, 0) is 0 Å². The summed E-state index contributed by atoms with van der Waals surface area (Å²) in [6, 6.07) is 21.4. The molecular weight excluding hydrogens is 432 g/mol. The highest BCUT2D eigenvalue weighted by Crippen LogP contribution is 2.33. The Morgan fingerprint density at radius 1 is 0.886 bits per heavy atom. The molecule has 0 fully saturated rings. The number of hydrogen-bond acceptors (Lipinski definition) is 4. The van der Waals surface area contributed by atoms with Crippen LogP contribution < -0.4 is 10.3 Å². The lowest BCUT2D eigenvalue weighted by Gasteiger charge is -2.23. The normalized spacial score (nSPS) is 12.9. The van der Waals surface area contributed by atoms with Crippen molar-refractivity contribution in [3.63, 3.8) is 0 Å². The lowest BCUT2D eigenvalue weighted by atomic mass is 9.99. The highest BCUT2D eigenvalue weighted by molar-refractivity contribution is 6.04. The largest absolute Gasteiger partial charge is 0.453 e. The summed E-state index contributed by atoms with van der Waals surface area (Å²) in [5, 5.41) is 5.60. The third-order valence-corrected chi connectivity index (χ3v) is 6.71. The van der Waals surface area contributed by atoms with Crippen molar-refractivity contribution in [3.8, 4) is 11.5 Å². The van der Waals surface area contributed by atoms with Crippen LogP contribution in [0, 0.1) is 0 Å². The van der Waals surface area contributed by atoms with Gasteiger partial charge in [0.1, 0.15) is 11.2 Å². The predicted octanol–water partition coefficient (Wildman–Crippen LogP) is 6.08. The molecule has 0 spiro atoms. The van der Waals surface area contributed by atoms with E-state index in [4.69, 9.17) is 14.4 Å². The summed E-state index contributed by atoms with van der Waals surface area (Å²) < 4.78 is 7.44. The molecule has 1 heterocycles. The van der Waals surface area contributed by atoms with Crippen molar-refractivity contribution in [2.24, 2.45) is 4.99 Å². The molecule has 0 atom stereocenters. The zero-order chi connectivity index (χ0) is 24.6. The molecule has 0 unspecified atom stereocenters. The van der Waals surface area contributed by atoms with Gasteiger partial charge in [-0.15, -0.1) is 0 Å². The first-order valence-corrected chi connectivity index (χ1v) is 12.6. The fraction of sp³-hybridized carbons (Fsp3) is 0.333. The first-order chi connectivity index (χ1) is 16.9. The van der Waals surface area contributed by atoms with Crippen molar-refractivity contribution in [3.05, 3.63) is 66.0 Å². The minimum Gasteiger partial charge on any atom is -0.453 e. The van der Waals surface area contributed by atoms with Gasteiger partial charge < -0.3 is 13.8 Å². The molecule has 180 valence electrons. The highest BCUT2D eigenvalue weighted by Gasteiger charge is 2.17. The van der Waals surface area contributed by atoms with Gasteiger partial charge in [0.05, 0.1) is 33.0 Å². The fourth-order valence-electron chi connectivity index (χ4n) is 4.82. The Hall–Kier alpha value is -3.44. The van der Waals surface area contributed by atoms with Gasteiger partial charge in [-0.05, 0) is 48.9 Å². The zero-order valence-electron chi connectivity index (χ0n) is 21.5. The van der Waals surface area contributed by atoms with E-state index in [0.29, 0.717) is 0 Å². The quantitative estimate of drug-likeness (QED) is 0.126. The highest BCUT2D eigenvalue weighted by atomic mass is 16.3. The van der Waals surface area contributed by atoms with Gasteiger partial charge in [-0.25, -0.2) is 4.98 Å². The van der Waals surface area contributed by atoms with E-state index in [2.05, 4.69) is 101 Å². The van der Waals surface area contributed by atoms with Crippen LogP contribution in [0.5, 0.6) is 0 Å². The molecule has 0 aromatic heterocycles. The Balaban J connectivity index is 1.73. The first-order valence-electron chi connectivity index (χ1n) is 12.6. The maximum Gasteiger partial charge on any atom is 0.155 e. The van der Waals surface area contributed by atoms with Crippen molar-refractivity contribution in [2.45, 2.75) is 20.3 Å². The molecule has 0 saturated carbocycles. The lowest BCUT2D eigenvalue weighted by Crippen LogP contribution is -2.35. The van der Waals surface area contributed by atoms with Crippen molar-refractivity contribution < 1.29 is 8.90 Å². The smallest absolute Gasteiger partial charge is 0.155 e. The predicted molar refractivity (Wildman–Crippen MR) is 147 cm³/mol. The molecule has 0 bridgehead atoms. The average molecular weight is 468 g/mol. The maximum atomic E-state index is 6.50. The Kier molecular flexibility index (Phi) is 6.20. The Bertz CT molecular complexity index is 1540. The van der Waals surface area contributed by atoms with Gasteiger partial charge in [-0.2, -0.15) is 0 Å². The summed E-state index contributed by atoms with van der Waals surface area (Å²) >= 11 is 0. The van der Waals surface area contributed by atoms with E-state index >= 15 is 0 Å². The molecule has 1 aliphatic heterocycles. The van der Waals surface area contributed by atoms with Gasteiger partial charge in [0.25, 0.3) is 0 Å². The summed E-state index contributed by atoms with van der Waals surface area (Å²) in [5.41, 5.74) is 3.72. The molecule has 5 heteroatoms. The van der Waals surface area contributed by atoms with Gasteiger partial charge in [0, 0.05) is 54.6 Å². The standard InChI is InChI=1S/C30H35N4O/c1-6-33(7-2)23-13-14-26-28(19-23)35-29-20-27(31-15-10-16-34(3,4)5)24-17-21-11-8-9-12-22(21)18-25(24)30(29)32-26/h8-9,11-14,17-20H,6-7,10,15-16H2,1-5H3/q+1. The molecule has 0 N–H and O–H groups in total. The van der Waals surface area contributed by atoms with Crippen LogP contribution in [0.3, 0.4) is 0 Å². The monoisotopic (exact) mass is 467 g/mol. The molecule has 0 saturated heterocycles. The molecule has 1 aliphatic carbocycles. The average Bonchev–Trinajstić information content (AvgIpc) is 2.84. The molecule has 5 rings (SSSR count). The SMILES string of the molecule is CCN(CC)c1ccc2nc3c4cc5ccccc5cc4c(=NCCC[N+](C)(C)C)cc-3oc2c1. The number of fused-ring (bicyclic) bond motifs is 5. The summed E-state index contributed by atoms with van der Waals surface area (Å²) in [4.78, 5) is 12.4. The number of aromatic nitrogens is 1. The van der Waals surface area contributed by atoms with Crippen LogP contribution in [-0.4, -0.2) is 56.8 Å². The number of quaternary nitrogens is 1. The summed E-state index contributed by atoms with van der Waals surface area (Å²) in [7, 11) is 6.67. The van der Waals surface area contributed by atoms with Crippen LogP contribution in [0.2, 0.25) is 0 Å². The van der Waals surface area contributed by atoms with Crippen LogP contribution in [0.25, 0.3) is 44.1 Å². The molecule has 35 heavy (non-hydrogen) atoms. The van der Waals surface area contributed by atoms with Crippen LogP contribution in [0.15, 0.2) is 70.1 Å². The van der Waals surface area contributed by atoms with Gasteiger partial charge in [0.15, 0.2) is 11.3 Å². The van der Waals surface area contributed by atoms with Gasteiger partial charge in [-0.3, -0.25) is 4.99 Å². The van der Waals surface area contributed by atoms with E-state index < -0.39 is 0 Å². The Morgan fingerprint density at radius 2 is 1.60 bits per heavy atom. The molecule has 0 amide bonds. The van der Waals surface area contributed by atoms with Crippen LogP contribution in [0.1, 0.15) is 20.3 Å². The number of rotatable bonds is 7. The van der Waals surface area contributed by atoms with Gasteiger partial charge >= 0.3 is 0 Å². The third kappa shape index (κ3) is 4.73. The lowest BCUT2D eigenvalue weighted by molar-refractivity contribution is -0.870. The van der Waals surface area contributed by atoms with Crippen LogP contribution >= 0.6 is 0 Å². The zero-order valence-corrected chi connectivity index (χ0v) is 21.5. The summed E-state index contributed by atoms with van der Waals surface area (Å²) in [6.45, 7) is 8.13. The molecule has 0 radical (unpaired) electrons. The minimum absolute atomic E-state index is 0.780. The Labute approximate surface area is 207 Å². The Morgan fingerprint density at radius 3 is 2.29 bits per heavy atom. The van der Waals surface area contributed by atoms with E-state index in [9.17, 15) is 0 Å². The third-order valence-electron chi connectivity index (χ3n) is 6.71. The van der Waals surface area contributed by atoms with Gasteiger partial charge in [0.2, 0.25) is 0 Å². The second-order valence-corrected chi connectivity index (χ2v) is 10.3. The number of hydrogen-bond donors (Lipinski definition) is 0. The number of benzene rings is 4. The molecule has 5 nitrogen and oxygen atoms in total. The van der Waals surface area contributed by atoms with Crippen LogP contribution in [0.4, 0.5) is 5.69 Å². The number of nitrogens with zero attached hydrogens (tertiary/aromatic N) is 4. The topological polar surface area (TPSA) is 41.6 Å². The van der Waals surface area contributed by atoms with E-state index in [0.717, 1.165) is 81.5 Å². The first kappa shape index (κ1) is 23.3. The van der Waals surface area contributed by atoms with Crippen molar-refractivity contribution >= 4 is 38.3 Å². The van der Waals surface area contributed by atoms with Gasteiger partial charge in [-0.1, -0.05) is 24.3 Å². The van der Waals surface area contributed by atoms with E-state index in [1.54, 1.807) is 0 Å². The molecule has 2 aliphatic rings. The second kappa shape index (κ2) is 9.31. The minimum atomic E-state index is 0.780. The fourth-order valence-corrected chi connectivity index (χ4v) is 4.82. The van der Waals surface area contributed by atoms with E-state index in [-0.39, 0.29) is 0 Å². The number of anilines is 1. The maximum absolute atomic E-state index is 6.50. The molecule has 3 aromatic rings. The van der Waals surface area contributed by atoms with E-state index in [1.165, 1.54) is 10.8 Å². The van der Waals surface area contributed by atoms with E-state index in [1.807, 2.05) is 0 Å². The second-order valence-electron chi connectivity index (χ2n) is 10.3.